The minimum Gasteiger partial charge on any atom is -0.337 e. The number of amides is 1. The molecule has 158 valence electrons. The van der Waals surface area contributed by atoms with Crippen LogP contribution in [-0.2, 0) is 4.79 Å². The topological polar surface area (TPSA) is 90.8 Å². The van der Waals surface area contributed by atoms with E-state index in [1.807, 2.05) is 80.1 Å². The third kappa shape index (κ3) is 4.49. The molecule has 1 amide bonds. The molecule has 0 unspecified atom stereocenters. The number of benzene rings is 2. The second kappa shape index (κ2) is 8.69. The van der Waals surface area contributed by atoms with E-state index in [0.29, 0.717) is 5.16 Å². The van der Waals surface area contributed by atoms with Crippen molar-refractivity contribution in [2.75, 3.05) is 16.9 Å². The van der Waals surface area contributed by atoms with Gasteiger partial charge in [0.25, 0.3) is 0 Å². The highest BCUT2D eigenvalue weighted by Crippen LogP contribution is 2.25. The molecule has 8 heteroatoms. The molecule has 4 rings (SSSR count). The van der Waals surface area contributed by atoms with Crippen molar-refractivity contribution >= 4 is 23.4 Å². The van der Waals surface area contributed by atoms with Crippen molar-refractivity contribution in [3.8, 4) is 16.9 Å². The van der Waals surface area contributed by atoms with E-state index in [1.54, 1.807) is 6.20 Å². The van der Waals surface area contributed by atoms with Crippen LogP contribution in [0.15, 0.2) is 66.0 Å². The smallest absolute Gasteiger partial charge is 0.234 e. The number of carbonyl (C=O) groups is 1. The van der Waals surface area contributed by atoms with Gasteiger partial charge in [0, 0.05) is 5.56 Å². The molecule has 2 heterocycles. The van der Waals surface area contributed by atoms with Crippen LogP contribution in [0.2, 0.25) is 0 Å². The van der Waals surface area contributed by atoms with E-state index >= 15 is 0 Å². The number of carbonyl (C=O) groups excluding carboxylic acids is 1. The van der Waals surface area contributed by atoms with E-state index in [0.717, 1.165) is 34.0 Å². The van der Waals surface area contributed by atoms with Crippen molar-refractivity contribution in [1.82, 2.24) is 19.4 Å². The normalized spacial score (nSPS) is 10.9. The predicted molar refractivity (Wildman–Crippen MR) is 125 cm³/mol. The molecule has 0 aliphatic carbocycles. The number of nitrogen functional groups attached to an aromatic ring is 1. The molecule has 2 aromatic carbocycles. The minimum atomic E-state index is -0.135. The number of hydrogen-bond donors (Lipinski definition) is 2. The van der Waals surface area contributed by atoms with Crippen LogP contribution in [0.1, 0.15) is 17.0 Å². The number of hydrogen-bond acceptors (Lipinski definition) is 5. The van der Waals surface area contributed by atoms with Crippen LogP contribution in [0, 0.1) is 20.8 Å². The number of anilines is 1. The molecule has 0 radical (unpaired) electrons. The summed E-state index contributed by atoms with van der Waals surface area (Å²) >= 11 is 1.29. The van der Waals surface area contributed by atoms with Crippen molar-refractivity contribution in [3.05, 3.63) is 77.7 Å². The zero-order chi connectivity index (χ0) is 22.0. The highest BCUT2D eigenvalue weighted by atomic mass is 32.2. The third-order valence-corrected chi connectivity index (χ3v) is 5.90. The van der Waals surface area contributed by atoms with Crippen molar-refractivity contribution in [2.24, 2.45) is 0 Å². The number of nitrogens with one attached hydrogen (secondary N) is 1. The molecule has 0 spiro atoms. The zero-order valence-corrected chi connectivity index (χ0v) is 18.5. The van der Waals surface area contributed by atoms with Gasteiger partial charge < -0.3 is 11.2 Å². The Kier molecular flexibility index (Phi) is 5.81. The van der Waals surface area contributed by atoms with Gasteiger partial charge in [0.1, 0.15) is 0 Å². The van der Waals surface area contributed by atoms with E-state index in [9.17, 15) is 4.79 Å². The molecule has 3 N–H and O–H groups in total. The molecule has 2 aromatic heterocycles. The van der Waals surface area contributed by atoms with E-state index < -0.39 is 0 Å². The Labute approximate surface area is 185 Å². The lowest BCUT2D eigenvalue weighted by Crippen LogP contribution is -2.16. The Morgan fingerprint density at radius 2 is 1.77 bits per heavy atom. The summed E-state index contributed by atoms with van der Waals surface area (Å²) < 4.78 is 3.29. The molecule has 0 fully saturated rings. The summed E-state index contributed by atoms with van der Waals surface area (Å²) in [6.07, 6.45) is 1.76. The summed E-state index contributed by atoms with van der Waals surface area (Å²) in [5, 5.41) is 8.16. The summed E-state index contributed by atoms with van der Waals surface area (Å²) in [6, 6.07) is 17.9. The minimum absolute atomic E-state index is 0.135. The highest BCUT2D eigenvalue weighted by molar-refractivity contribution is 7.99. The lowest BCUT2D eigenvalue weighted by Gasteiger charge is -2.07. The van der Waals surface area contributed by atoms with Gasteiger partial charge in [-0.15, -0.1) is 0 Å². The van der Waals surface area contributed by atoms with Gasteiger partial charge in [-0.3, -0.25) is 4.79 Å². The molecular formula is C23H24N6OS. The lowest BCUT2D eigenvalue weighted by molar-refractivity contribution is -0.113. The van der Waals surface area contributed by atoms with Crippen molar-refractivity contribution < 1.29 is 4.79 Å². The van der Waals surface area contributed by atoms with Gasteiger partial charge in [0.05, 0.1) is 40.4 Å². The van der Waals surface area contributed by atoms with Gasteiger partial charge in [-0.2, -0.15) is 5.10 Å². The monoisotopic (exact) mass is 432 g/mol. The van der Waals surface area contributed by atoms with Crippen molar-refractivity contribution in [3.63, 3.8) is 0 Å². The maximum Gasteiger partial charge on any atom is 0.234 e. The fourth-order valence-corrected chi connectivity index (χ4v) is 4.00. The van der Waals surface area contributed by atoms with E-state index in [-0.39, 0.29) is 11.7 Å². The van der Waals surface area contributed by atoms with Gasteiger partial charge in [0.2, 0.25) is 5.91 Å². The van der Waals surface area contributed by atoms with Crippen LogP contribution in [-0.4, -0.2) is 31.1 Å². The first kappa shape index (κ1) is 20.7. The van der Waals surface area contributed by atoms with Gasteiger partial charge in [-0.05, 0) is 32.9 Å². The van der Waals surface area contributed by atoms with Crippen LogP contribution in [0.5, 0.6) is 0 Å². The summed E-state index contributed by atoms with van der Waals surface area (Å²) in [6.45, 7) is 5.88. The standard InChI is InChI=1S/C23H24N6OS/c1-15-9-11-19(12-10-15)29-17(3)22(16(2)27-29)26-21(30)14-31-23-25-20(13-28(23)24)18-7-5-4-6-8-18/h4-13H,14,24H2,1-3H3,(H,26,30). The molecule has 0 bridgehead atoms. The Morgan fingerprint density at radius 3 is 2.48 bits per heavy atom. The van der Waals surface area contributed by atoms with Crippen LogP contribution >= 0.6 is 11.8 Å². The molecule has 0 saturated carbocycles. The highest BCUT2D eigenvalue weighted by Gasteiger charge is 2.16. The van der Waals surface area contributed by atoms with Crippen LogP contribution in [0.25, 0.3) is 16.9 Å². The lowest BCUT2D eigenvalue weighted by atomic mass is 10.2. The summed E-state index contributed by atoms with van der Waals surface area (Å²) in [7, 11) is 0. The van der Waals surface area contributed by atoms with Crippen LogP contribution < -0.4 is 11.2 Å². The average molecular weight is 433 g/mol. The van der Waals surface area contributed by atoms with Gasteiger partial charge in [-0.1, -0.05) is 59.8 Å². The summed E-state index contributed by atoms with van der Waals surface area (Å²) in [5.74, 6) is 6.09. The second-order valence-corrected chi connectivity index (χ2v) is 8.25. The first-order valence-electron chi connectivity index (χ1n) is 9.88. The summed E-state index contributed by atoms with van der Waals surface area (Å²) in [5.41, 5.74) is 6.27. The van der Waals surface area contributed by atoms with Crippen LogP contribution in [0.4, 0.5) is 5.69 Å². The molecule has 0 atom stereocenters. The molecule has 7 nitrogen and oxygen atoms in total. The largest absolute Gasteiger partial charge is 0.337 e. The number of aryl methyl sites for hydroxylation is 2. The SMILES string of the molecule is Cc1ccc(-n2nc(C)c(NC(=O)CSc3nc(-c4ccccc4)cn3N)c2C)cc1. The zero-order valence-electron chi connectivity index (χ0n) is 17.7. The first-order chi connectivity index (χ1) is 14.9. The maximum absolute atomic E-state index is 12.6. The van der Waals surface area contributed by atoms with E-state index in [1.165, 1.54) is 22.0 Å². The van der Waals surface area contributed by atoms with Crippen LogP contribution in [0.3, 0.4) is 0 Å². The average Bonchev–Trinajstić information content (AvgIpc) is 3.28. The molecule has 0 aliphatic heterocycles. The predicted octanol–water partition coefficient (Wildman–Crippen LogP) is 4.11. The molecular weight excluding hydrogens is 408 g/mol. The fourth-order valence-electron chi connectivity index (χ4n) is 3.30. The number of nitrogens with zero attached hydrogens (tertiary/aromatic N) is 4. The molecule has 0 saturated heterocycles. The Hall–Kier alpha value is -3.52. The molecule has 4 aromatic rings. The number of thioether (sulfide) groups is 1. The Balaban J connectivity index is 1.44. The Bertz CT molecular complexity index is 1210. The summed E-state index contributed by atoms with van der Waals surface area (Å²) in [4.78, 5) is 17.2. The fraction of sp³-hybridized carbons (Fsp3) is 0.174. The first-order valence-corrected chi connectivity index (χ1v) is 10.9. The van der Waals surface area contributed by atoms with E-state index in [4.69, 9.17) is 5.84 Å². The van der Waals surface area contributed by atoms with Crippen molar-refractivity contribution in [2.45, 2.75) is 25.9 Å². The van der Waals surface area contributed by atoms with E-state index in [2.05, 4.69) is 15.4 Å². The number of imidazole rings is 1. The second-order valence-electron chi connectivity index (χ2n) is 7.31. The quantitative estimate of drug-likeness (QED) is 0.353. The Morgan fingerprint density at radius 1 is 1.06 bits per heavy atom. The van der Waals surface area contributed by atoms with Crippen molar-refractivity contribution in [1.29, 1.82) is 0 Å². The number of rotatable bonds is 6. The van der Waals surface area contributed by atoms with Gasteiger partial charge >= 0.3 is 0 Å². The molecule has 31 heavy (non-hydrogen) atoms. The number of nitrogens with two attached hydrogens (primary N) is 1. The number of aromatic nitrogens is 4. The van der Waals surface area contributed by atoms with Gasteiger partial charge in [0.15, 0.2) is 5.16 Å². The van der Waals surface area contributed by atoms with Gasteiger partial charge in [-0.25, -0.2) is 14.3 Å². The maximum atomic E-state index is 12.6. The molecule has 0 aliphatic rings. The third-order valence-electron chi connectivity index (χ3n) is 4.93.